The summed E-state index contributed by atoms with van der Waals surface area (Å²) in [7, 11) is 0. The molecule has 252 valence electrons. The van der Waals surface area contributed by atoms with Gasteiger partial charge in [0.2, 0.25) is 0 Å². The lowest BCUT2D eigenvalue weighted by Gasteiger charge is -2.26. The molecule has 54 heavy (non-hydrogen) atoms. The first-order valence-electron chi connectivity index (χ1n) is 18.5. The van der Waals surface area contributed by atoms with E-state index in [4.69, 9.17) is 4.42 Å². The number of benzene rings is 10. The zero-order valence-corrected chi connectivity index (χ0v) is 29.4. The molecule has 1 aromatic heterocycles. The van der Waals surface area contributed by atoms with E-state index in [9.17, 15) is 0 Å². The Balaban J connectivity index is 1.11. The molecular weight excluding hydrogens is 655 g/mol. The average molecular weight is 688 g/mol. The van der Waals surface area contributed by atoms with Crippen LogP contribution >= 0.6 is 0 Å². The number of rotatable bonds is 5. The topological polar surface area (TPSA) is 16.4 Å². The monoisotopic (exact) mass is 687 g/mol. The lowest BCUT2D eigenvalue weighted by atomic mass is 9.90. The molecule has 2 nitrogen and oxygen atoms in total. The fourth-order valence-corrected chi connectivity index (χ4v) is 8.49. The van der Waals surface area contributed by atoms with Crippen molar-refractivity contribution in [1.29, 1.82) is 0 Å². The van der Waals surface area contributed by atoms with Crippen molar-refractivity contribution in [3.63, 3.8) is 0 Å². The SMILES string of the molecule is c1ccc(-c2ccc(N(c3ccc(-c4cc5ccccc5c5ccc6ccccc6c45)cc3)c3cccc4c3oc3ccc5ccccc5c34)cc2)cc1. The summed E-state index contributed by atoms with van der Waals surface area (Å²) in [6, 6.07) is 72.1. The number of hydrogen-bond acceptors (Lipinski definition) is 2. The second-order valence-electron chi connectivity index (χ2n) is 14.1. The Labute approximate surface area is 312 Å². The second kappa shape index (κ2) is 12.2. The lowest BCUT2D eigenvalue weighted by molar-refractivity contribution is 0.669. The Morgan fingerprint density at radius 2 is 0.889 bits per heavy atom. The molecule has 0 saturated carbocycles. The van der Waals surface area contributed by atoms with Gasteiger partial charge in [-0.3, -0.25) is 0 Å². The van der Waals surface area contributed by atoms with Crippen molar-refractivity contribution in [3.8, 4) is 22.3 Å². The third kappa shape index (κ3) is 4.81. The van der Waals surface area contributed by atoms with E-state index in [-0.39, 0.29) is 0 Å². The van der Waals surface area contributed by atoms with Gasteiger partial charge in [-0.05, 0) is 108 Å². The standard InChI is InChI=1S/C52H33NO/c1-2-11-34(12-3-1)35-21-27-40(28-22-35)53(48-20-10-19-46-51-44-18-9-5-14-37(44)26-32-49(51)54-52(46)48)41-29-23-38(24-30-41)47-33-39-15-6-7-16-42(39)45-31-25-36-13-4-8-17-43(36)50(45)47/h1-33H. The van der Waals surface area contributed by atoms with Crippen LogP contribution in [-0.2, 0) is 0 Å². The third-order valence-corrected chi connectivity index (χ3v) is 11.0. The Morgan fingerprint density at radius 1 is 0.333 bits per heavy atom. The van der Waals surface area contributed by atoms with E-state index in [2.05, 4.69) is 205 Å². The van der Waals surface area contributed by atoms with E-state index >= 15 is 0 Å². The molecule has 0 aliphatic heterocycles. The largest absolute Gasteiger partial charge is 0.454 e. The molecular formula is C52H33NO. The van der Waals surface area contributed by atoms with E-state index in [0.717, 1.165) is 39.0 Å². The molecule has 0 aliphatic carbocycles. The minimum Gasteiger partial charge on any atom is -0.454 e. The number of anilines is 3. The van der Waals surface area contributed by atoms with Crippen LogP contribution in [0, 0.1) is 0 Å². The molecule has 2 heteroatoms. The molecule has 0 saturated heterocycles. The average Bonchev–Trinajstić information content (AvgIpc) is 3.64. The van der Waals surface area contributed by atoms with Gasteiger partial charge in [-0.15, -0.1) is 0 Å². The summed E-state index contributed by atoms with van der Waals surface area (Å²) in [5, 5.41) is 12.2. The third-order valence-electron chi connectivity index (χ3n) is 11.0. The Morgan fingerprint density at radius 3 is 1.61 bits per heavy atom. The Bertz CT molecular complexity index is 3190. The molecule has 0 aliphatic rings. The maximum Gasteiger partial charge on any atom is 0.159 e. The molecule has 10 aromatic carbocycles. The van der Waals surface area contributed by atoms with E-state index in [1.54, 1.807) is 0 Å². The highest BCUT2D eigenvalue weighted by atomic mass is 16.3. The Kier molecular flexibility index (Phi) is 6.90. The van der Waals surface area contributed by atoms with E-state index in [1.807, 2.05) is 0 Å². The van der Waals surface area contributed by atoms with Gasteiger partial charge in [-0.25, -0.2) is 0 Å². The molecule has 1 heterocycles. The molecule has 0 N–H and O–H groups in total. The minimum atomic E-state index is 0.868. The van der Waals surface area contributed by atoms with Crippen LogP contribution in [0.5, 0.6) is 0 Å². The van der Waals surface area contributed by atoms with Crippen LogP contribution in [0.25, 0.3) is 87.3 Å². The maximum absolute atomic E-state index is 6.79. The second-order valence-corrected chi connectivity index (χ2v) is 14.1. The molecule has 0 bridgehead atoms. The molecule has 11 rings (SSSR count). The summed E-state index contributed by atoms with van der Waals surface area (Å²) in [5.41, 5.74) is 9.65. The van der Waals surface area contributed by atoms with Gasteiger partial charge in [0.15, 0.2) is 5.58 Å². The predicted molar refractivity (Wildman–Crippen MR) is 229 cm³/mol. The fourth-order valence-electron chi connectivity index (χ4n) is 8.49. The van der Waals surface area contributed by atoms with Crippen molar-refractivity contribution in [1.82, 2.24) is 0 Å². The van der Waals surface area contributed by atoms with Crippen molar-refractivity contribution in [2.45, 2.75) is 0 Å². The molecule has 0 spiro atoms. The molecule has 0 amide bonds. The van der Waals surface area contributed by atoms with Crippen molar-refractivity contribution in [3.05, 3.63) is 200 Å². The lowest BCUT2D eigenvalue weighted by Crippen LogP contribution is -2.10. The minimum absolute atomic E-state index is 0.868. The highest BCUT2D eigenvalue weighted by molar-refractivity contribution is 6.23. The van der Waals surface area contributed by atoms with Gasteiger partial charge < -0.3 is 9.32 Å². The summed E-state index contributed by atoms with van der Waals surface area (Å²) in [6.45, 7) is 0. The number of furan rings is 1. The van der Waals surface area contributed by atoms with Crippen molar-refractivity contribution < 1.29 is 4.42 Å². The summed E-state index contributed by atoms with van der Waals surface area (Å²) in [6.07, 6.45) is 0. The van der Waals surface area contributed by atoms with Crippen LogP contribution in [0.3, 0.4) is 0 Å². The molecule has 0 unspecified atom stereocenters. The summed E-state index contributed by atoms with van der Waals surface area (Å²) >= 11 is 0. The quantitative estimate of drug-likeness (QED) is 0.168. The van der Waals surface area contributed by atoms with E-state index < -0.39 is 0 Å². The van der Waals surface area contributed by atoms with Crippen LogP contribution in [0.15, 0.2) is 205 Å². The predicted octanol–water partition coefficient (Wildman–Crippen LogP) is 15.0. The number of hydrogen-bond donors (Lipinski definition) is 0. The first-order chi connectivity index (χ1) is 26.8. The van der Waals surface area contributed by atoms with Gasteiger partial charge in [0.25, 0.3) is 0 Å². The zero-order valence-electron chi connectivity index (χ0n) is 29.4. The van der Waals surface area contributed by atoms with Gasteiger partial charge in [0.05, 0.1) is 5.69 Å². The first kappa shape index (κ1) is 30.5. The highest BCUT2D eigenvalue weighted by Gasteiger charge is 2.21. The summed E-state index contributed by atoms with van der Waals surface area (Å²) in [4.78, 5) is 2.33. The molecule has 0 atom stereocenters. The van der Waals surface area contributed by atoms with Crippen LogP contribution < -0.4 is 4.90 Å². The van der Waals surface area contributed by atoms with Gasteiger partial charge in [0, 0.05) is 22.1 Å². The van der Waals surface area contributed by atoms with Crippen LogP contribution in [0.2, 0.25) is 0 Å². The number of para-hydroxylation sites is 1. The van der Waals surface area contributed by atoms with Crippen LogP contribution in [-0.4, -0.2) is 0 Å². The van der Waals surface area contributed by atoms with Gasteiger partial charge in [0.1, 0.15) is 5.58 Å². The fraction of sp³-hybridized carbons (Fsp3) is 0. The van der Waals surface area contributed by atoms with Crippen molar-refractivity contribution in [2.75, 3.05) is 4.90 Å². The molecule has 11 aromatic rings. The normalized spacial score (nSPS) is 11.7. The van der Waals surface area contributed by atoms with Gasteiger partial charge in [-0.1, -0.05) is 158 Å². The van der Waals surface area contributed by atoms with E-state index in [1.165, 1.54) is 65.3 Å². The Hall–Kier alpha value is -7.16. The van der Waals surface area contributed by atoms with E-state index in [0.29, 0.717) is 0 Å². The maximum atomic E-state index is 6.79. The van der Waals surface area contributed by atoms with Gasteiger partial charge in [-0.2, -0.15) is 0 Å². The van der Waals surface area contributed by atoms with Crippen LogP contribution in [0.1, 0.15) is 0 Å². The molecule has 0 radical (unpaired) electrons. The molecule has 0 fully saturated rings. The van der Waals surface area contributed by atoms with Gasteiger partial charge >= 0.3 is 0 Å². The summed E-state index contributed by atoms with van der Waals surface area (Å²) in [5.74, 6) is 0. The first-order valence-corrected chi connectivity index (χ1v) is 18.5. The summed E-state index contributed by atoms with van der Waals surface area (Å²) < 4.78 is 6.79. The number of nitrogens with zero attached hydrogens (tertiary/aromatic N) is 1. The highest BCUT2D eigenvalue weighted by Crippen LogP contribution is 2.45. The zero-order chi connectivity index (χ0) is 35.6. The smallest absolute Gasteiger partial charge is 0.159 e. The van der Waals surface area contributed by atoms with Crippen LogP contribution in [0.4, 0.5) is 17.1 Å². The van der Waals surface area contributed by atoms with Crippen molar-refractivity contribution >= 4 is 82.1 Å². The number of fused-ring (bicyclic) bond motifs is 10. The van der Waals surface area contributed by atoms with Crippen molar-refractivity contribution in [2.24, 2.45) is 0 Å².